The summed E-state index contributed by atoms with van der Waals surface area (Å²) in [4.78, 5) is 0. The van der Waals surface area contributed by atoms with Crippen LogP contribution in [0.5, 0.6) is 0 Å². The molecule has 1 aromatic rings. The molecule has 0 bridgehead atoms. The fourth-order valence-corrected chi connectivity index (χ4v) is 5.75. The molecule has 86 valence electrons. The Morgan fingerprint density at radius 3 is 1.80 bits per heavy atom. The first-order valence-electron chi connectivity index (χ1n) is 5.04. The van der Waals surface area contributed by atoms with E-state index < -0.39 is 15.0 Å². The van der Waals surface area contributed by atoms with E-state index in [1.54, 1.807) is 0 Å². The van der Waals surface area contributed by atoms with E-state index in [0.717, 1.165) is 17.3 Å². The predicted octanol–water partition coefficient (Wildman–Crippen LogP) is 5.44. The molecule has 0 aromatic heterocycles. The molecule has 0 atom stereocenters. The molecule has 1 aromatic carbocycles. The topological polar surface area (TPSA) is 0 Å². The summed E-state index contributed by atoms with van der Waals surface area (Å²) in [7, 11) is 17.0. The van der Waals surface area contributed by atoms with Gasteiger partial charge in [-0.1, -0.05) is 35.9 Å². The summed E-state index contributed by atoms with van der Waals surface area (Å²) in [5.74, 6) is 0. The van der Waals surface area contributed by atoms with E-state index in [1.807, 2.05) is 18.2 Å². The Kier molecular flexibility index (Phi) is 9.51. The van der Waals surface area contributed by atoms with Crippen molar-refractivity contribution in [2.75, 3.05) is 0 Å². The van der Waals surface area contributed by atoms with Gasteiger partial charge in [-0.3, -0.25) is 0 Å². The minimum Gasteiger partial charge on any atom is -0.0622 e. The zero-order chi connectivity index (χ0) is 11.7. The molecule has 0 radical (unpaired) electrons. The van der Waals surface area contributed by atoms with Gasteiger partial charge in [0.15, 0.2) is 0 Å². The third-order valence-corrected chi connectivity index (χ3v) is 8.18. The summed E-state index contributed by atoms with van der Waals surface area (Å²) in [5, 5.41) is 0. The SMILES string of the molecule is CCC[CH2][Sn]([Cl])([Cl])[Cl].Cc1ccccc1. The van der Waals surface area contributed by atoms with Crippen LogP contribution < -0.4 is 0 Å². The summed E-state index contributed by atoms with van der Waals surface area (Å²) in [5.41, 5.74) is 1.32. The van der Waals surface area contributed by atoms with Crippen molar-refractivity contribution in [3.8, 4) is 0 Å². The molecule has 4 heteroatoms. The molecule has 0 aliphatic carbocycles. The van der Waals surface area contributed by atoms with Crippen molar-refractivity contribution in [2.45, 2.75) is 31.1 Å². The summed E-state index contributed by atoms with van der Waals surface area (Å²) in [6, 6.07) is 10.3. The molecule has 0 spiro atoms. The van der Waals surface area contributed by atoms with Crippen molar-refractivity contribution in [3.63, 3.8) is 0 Å². The van der Waals surface area contributed by atoms with Crippen molar-refractivity contribution >= 4 is 41.8 Å². The first kappa shape index (κ1) is 15.9. The zero-order valence-electron chi connectivity index (χ0n) is 9.14. The van der Waals surface area contributed by atoms with Crippen LogP contribution in [0.15, 0.2) is 30.3 Å². The molecule has 15 heavy (non-hydrogen) atoms. The number of rotatable bonds is 3. The first-order valence-corrected chi connectivity index (χ1v) is 17.9. The van der Waals surface area contributed by atoms with E-state index >= 15 is 0 Å². The number of hydrogen-bond donors (Lipinski definition) is 0. The fraction of sp³-hybridized carbons (Fsp3) is 0.455. The van der Waals surface area contributed by atoms with Crippen molar-refractivity contribution in [1.82, 2.24) is 0 Å². The van der Waals surface area contributed by atoms with Gasteiger partial charge in [-0.05, 0) is 6.92 Å². The molecule has 0 N–H and O–H groups in total. The van der Waals surface area contributed by atoms with Crippen molar-refractivity contribution < 1.29 is 0 Å². The van der Waals surface area contributed by atoms with Crippen molar-refractivity contribution in [1.29, 1.82) is 0 Å². The van der Waals surface area contributed by atoms with Crippen molar-refractivity contribution in [2.24, 2.45) is 0 Å². The standard InChI is InChI=1S/C7H8.C4H9.3ClH.Sn/c1-7-5-3-2-4-6-7;1-3-4-2;;;;/h2-6H,1H3;1,3-4H2,2H3;3*1H;/q;;;;;+3/p-3. The number of unbranched alkanes of at least 4 members (excludes halogenated alkanes) is 1. The van der Waals surface area contributed by atoms with Crippen LogP contribution in [-0.2, 0) is 0 Å². The van der Waals surface area contributed by atoms with Crippen LogP contribution in [0, 0.1) is 6.92 Å². The molecule has 0 fully saturated rings. The molecule has 0 saturated heterocycles. The van der Waals surface area contributed by atoms with E-state index in [9.17, 15) is 0 Å². The van der Waals surface area contributed by atoms with Gasteiger partial charge < -0.3 is 0 Å². The average Bonchev–Trinajstić information content (AvgIpc) is 2.16. The molecular formula is C11H17Cl3Sn. The van der Waals surface area contributed by atoms with Gasteiger partial charge in [0.25, 0.3) is 0 Å². The van der Waals surface area contributed by atoms with Gasteiger partial charge in [0, 0.05) is 0 Å². The van der Waals surface area contributed by atoms with E-state index in [1.165, 1.54) is 5.56 Å². The molecule has 0 nitrogen and oxygen atoms in total. The molecule has 0 aliphatic heterocycles. The Bertz CT molecular complexity index is 244. The van der Waals surface area contributed by atoms with Crippen molar-refractivity contribution in [3.05, 3.63) is 35.9 Å². The van der Waals surface area contributed by atoms with Gasteiger partial charge in [-0.25, -0.2) is 0 Å². The molecular weight excluding hydrogens is 357 g/mol. The second kappa shape index (κ2) is 8.97. The Hall–Kier alpha value is 0.889. The quantitative estimate of drug-likeness (QED) is 0.619. The largest absolute Gasteiger partial charge is 0.0622 e. The summed E-state index contributed by atoms with van der Waals surface area (Å²) in [6.07, 6.45) is 2.21. The summed E-state index contributed by atoms with van der Waals surface area (Å²) < 4.78 is 0.871. The molecule has 0 aliphatic rings. The average molecular weight is 374 g/mol. The maximum absolute atomic E-state index is 5.65. The Morgan fingerprint density at radius 1 is 1.07 bits per heavy atom. The van der Waals surface area contributed by atoms with Crippen LogP contribution in [0.3, 0.4) is 0 Å². The van der Waals surface area contributed by atoms with Crippen LogP contribution in [0.4, 0.5) is 0 Å². The van der Waals surface area contributed by atoms with Gasteiger partial charge in [0.1, 0.15) is 0 Å². The number of hydrogen-bond acceptors (Lipinski definition) is 0. The van der Waals surface area contributed by atoms with E-state index in [2.05, 4.69) is 26.0 Å². The Balaban J connectivity index is 0.000000262. The second-order valence-corrected chi connectivity index (χ2v) is 25.2. The van der Waals surface area contributed by atoms with E-state index in [0.29, 0.717) is 0 Å². The number of aryl methyl sites for hydroxylation is 1. The first-order chi connectivity index (χ1) is 6.95. The van der Waals surface area contributed by atoms with Crippen LogP contribution in [0.2, 0.25) is 4.44 Å². The van der Waals surface area contributed by atoms with Crippen LogP contribution >= 0.6 is 26.8 Å². The zero-order valence-corrected chi connectivity index (χ0v) is 14.3. The maximum Gasteiger partial charge on any atom is -0.0398 e. The fourth-order valence-electron chi connectivity index (χ4n) is 0.912. The van der Waals surface area contributed by atoms with Gasteiger partial charge in [-0.15, -0.1) is 0 Å². The monoisotopic (exact) mass is 374 g/mol. The van der Waals surface area contributed by atoms with Gasteiger partial charge in [-0.2, -0.15) is 0 Å². The second-order valence-electron chi connectivity index (χ2n) is 3.37. The molecule has 0 heterocycles. The van der Waals surface area contributed by atoms with Gasteiger partial charge in [0.2, 0.25) is 0 Å². The number of benzene rings is 1. The van der Waals surface area contributed by atoms with Gasteiger partial charge in [0.05, 0.1) is 0 Å². The number of halogens is 3. The van der Waals surface area contributed by atoms with Crippen LogP contribution in [-0.4, -0.2) is 15.0 Å². The minimum atomic E-state index is -2.89. The molecule has 0 saturated carbocycles. The molecule has 1 rings (SSSR count). The molecule has 0 amide bonds. The summed E-state index contributed by atoms with van der Waals surface area (Å²) in [6.45, 7) is 4.18. The molecule has 0 unspecified atom stereocenters. The minimum absolute atomic E-state index is 0.871. The third kappa shape index (κ3) is 12.8. The normalized spacial score (nSPS) is 10.5. The van der Waals surface area contributed by atoms with E-state index in [4.69, 9.17) is 26.8 Å². The predicted molar refractivity (Wildman–Crippen MR) is 74.2 cm³/mol. The smallest absolute Gasteiger partial charge is 0.0398 e. The summed E-state index contributed by atoms with van der Waals surface area (Å²) >= 11 is -2.89. The van der Waals surface area contributed by atoms with Crippen LogP contribution in [0.25, 0.3) is 0 Å². The third-order valence-electron chi connectivity index (χ3n) is 1.75. The van der Waals surface area contributed by atoms with Crippen LogP contribution in [0.1, 0.15) is 25.3 Å². The Morgan fingerprint density at radius 2 is 1.60 bits per heavy atom. The van der Waals surface area contributed by atoms with Gasteiger partial charge >= 0.3 is 66.0 Å². The van der Waals surface area contributed by atoms with E-state index in [-0.39, 0.29) is 0 Å². The Labute approximate surface area is 108 Å². The maximum atomic E-state index is 5.65.